The Balaban J connectivity index is 1.90. The molecule has 0 radical (unpaired) electrons. The average molecular weight is 212 g/mol. The van der Waals surface area contributed by atoms with E-state index in [2.05, 4.69) is 16.8 Å². The topological polar surface area (TPSA) is 36.4 Å². The maximum absolute atomic E-state index is 9.03. The third-order valence-electron chi connectivity index (χ3n) is 2.84. The molecule has 1 saturated heterocycles. The molecule has 1 aliphatic heterocycles. The van der Waals surface area contributed by atoms with E-state index < -0.39 is 0 Å². The van der Waals surface area contributed by atoms with Crippen LogP contribution in [0.1, 0.15) is 17.0 Å². The van der Waals surface area contributed by atoms with Crippen LogP contribution in [0, 0.1) is 12.8 Å². The molecule has 1 aromatic heterocycles. The summed E-state index contributed by atoms with van der Waals surface area (Å²) in [5.41, 5.74) is 3.06. The molecule has 14 heavy (non-hydrogen) atoms. The largest absolute Gasteiger partial charge is 0.396 e. The Hall–Kier alpha value is -0.450. The van der Waals surface area contributed by atoms with Crippen molar-refractivity contribution in [2.45, 2.75) is 19.9 Å². The van der Waals surface area contributed by atoms with Crippen LogP contribution < -0.4 is 0 Å². The monoisotopic (exact) mass is 212 g/mol. The zero-order valence-corrected chi connectivity index (χ0v) is 9.26. The number of rotatable bonds is 3. The molecule has 1 aliphatic rings. The Kier molecular flexibility index (Phi) is 3.15. The van der Waals surface area contributed by atoms with Gasteiger partial charge in [0, 0.05) is 24.6 Å². The van der Waals surface area contributed by atoms with Crippen LogP contribution >= 0.6 is 11.3 Å². The van der Waals surface area contributed by atoms with Crippen molar-refractivity contribution in [1.29, 1.82) is 0 Å². The minimum atomic E-state index is 0.332. The minimum absolute atomic E-state index is 0.332. The second-order valence-corrected chi connectivity index (χ2v) is 4.87. The number of hydrogen-bond acceptors (Lipinski definition) is 4. The standard InChI is InChI=1S/C10H16N2OS/c1-8-10(14-7-11-8)5-12-3-2-9(4-12)6-13/h7,9,13H,2-6H2,1H3. The van der Waals surface area contributed by atoms with Gasteiger partial charge in [0.15, 0.2) is 0 Å². The fourth-order valence-electron chi connectivity index (χ4n) is 1.89. The van der Waals surface area contributed by atoms with Crippen molar-refractivity contribution in [3.05, 3.63) is 16.1 Å². The van der Waals surface area contributed by atoms with E-state index in [4.69, 9.17) is 5.11 Å². The van der Waals surface area contributed by atoms with E-state index in [-0.39, 0.29) is 0 Å². The van der Waals surface area contributed by atoms with Crippen molar-refractivity contribution in [2.75, 3.05) is 19.7 Å². The molecular weight excluding hydrogens is 196 g/mol. The van der Waals surface area contributed by atoms with Crippen LogP contribution in [0.4, 0.5) is 0 Å². The highest BCUT2D eigenvalue weighted by Crippen LogP contribution is 2.21. The Labute approximate surface area is 88.4 Å². The van der Waals surface area contributed by atoms with Gasteiger partial charge in [-0.1, -0.05) is 0 Å². The molecule has 1 aromatic rings. The molecule has 2 heterocycles. The Bertz CT molecular complexity index is 300. The Morgan fingerprint density at radius 1 is 1.71 bits per heavy atom. The summed E-state index contributed by atoms with van der Waals surface area (Å²) in [6.45, 7) is 5.55. The van der Waals surface area contributed by atoms with Gasteiger partial charge in [-0.25, -0.2) is 4.98 Å². The Morgan fingerprint density at radius 3 is 3.14 bits per heavy atom. The predicted molar refractivity (Wildman–Crippen MR) is 57.3 cm³/mol. The van der Waals surface area contributed by atoms with Gasteiger partial charge in [0.2, 0.25) is 0 Å². The van der Waals surface area contributed by atoms with Gasteiger partial charge in [0.25, 0.3) is 0 Å². The molecule has 0 aromatic carbocycles. The van der Waals surface area contributed by atoms with E-state index in [1.807, 2.05) is 5.51 Å². The highest BCUT2D eigenvalue weighted by Gasteiger charge is 2.22. The SMILES string of the molecule is Cc1ncsc1CN1CCC(CO)C1. The maximum atomic E-state index is 9.03. The molecule has 1 unspecified atom stereocenters. The van der Waals surface area contributed by atoms with Crippen LogP contribution in [0.25, 0.3) is 0 Å². The van der Waals surface area contributed by atoms with Crippen LogP contribution in [0.5, 0.6) is 0 Å². The van der Waals surface area contributed by atoms with E-state index in [9.17, 15) is 0 Å². The lowest BCUT2D eigenvalue weighted by atomic mass is 10.1. The van der Waals surface area contributed by atoms with Crippen molar-refractivity contribution >= 4 is 11.3 Å². The molecule has 0 aliphatic carbocycles. The third-order valence-corrected chi connectivity index (χ3v) is 3.76. The zero-order chi connectivity index (χ0) is 9.97. The van der Waals surface area contributed by atoms with E-state index in [0.717, 1.165) is 31.7 Å². The van der Waals surface area contributed by atoms with Crippen molar-refractivity contribution < 1.29 is 5.11 Å². The smallest absolute Gasteiger partial charge is 0.0798 e. The van der Waals surface area contributed by atoms with E-state index in [1.165, 1.54) is 4.88 Å². The average Bonchev–Trinajstić information content (AvgIpc) is 2.77. The van der Waals surface area contributed by atoms with Gasteiger partial charge in [0.1, 0.15) is 0 Å². The molecule has 1 fully saturated rings. The second kappa shape index (κ2) is 4.38. The third kappa shape index (κ3) is 2.13. The summed E-state index contributed by atoms with van der Waals surface area (Å²) in [5, 5.41) is 9.03. The summed E-state index contributed by atoms with van der Waals surface area (Å²) in [4.78, 5) is 8.01. The van der Waals surface area contributed by atoms with Crippen molar-refractivity contribution in [3.63, 3.8) is 0 Å². The fourth-order valence-corrected chi connectivity index (χ4v) is 2.71. The summed E-state index contributed by atoms with van der Waals surface area (Å²) in [7, 11) is 0. The first-order chi connectivity index (χ1) is 6.79. The highest BCUT2D eigenvalue weighted by atomic mass is 32.1. The lowest BCUT2D eigenvalue weighted by molar-refractivity contribution is 0.220. The normalized spacial score (nSPS) is 23.1. The number of aliphatic hydroxyl groups is 1. The first-order valence-corrected chi connectivity index (χ1v) is 5.89. The van der Waals surface area contributed by atoms with Gasteiger partial charge in [-0.2, -0.15) is 0 Å². The summed E-state index contributed by atoms with van der Waals surface area (Å²) in [6.07, 6.45) is 1.13. The second-order valence-electron chi connectivity index (χ2n) is 3.93. The number of aromatic nitrogens is 1. The van der Waals surface area contributed by atoms with Crippen molar-refractivity contribution in [3.8, 4) is 0 Å². The molecule has 2 rings (SSSR count). The van der Waals surface area contributed by atoms with Gasteiger partial charge in [-0.15, -0.1) is 11.3 Å². The number of aliphatic hydroxyl groups excluding tert-OH is 1. The maximum Gasteiger partial charge on any atom is 0.0798 e. The van der Waals surface area contributed by atoms with Crippen LogP contribution in [0.2, 0.25) is 0 Å². The lowest BCUT2D eigenvalue weighted by Crippen LogP contribution is -2.20. The van der Waals surface area contributed by atoms with Crippen LogP contribution in [-0.2, 0) is 6.54 Å². The van der Waals surface area contributed by atoms with Crippen LogP contribution in [0.3, 0.4) is 0 Å². The summed E-state index contributed by atoms with van der Waals surface area (Å²) in [6, 6.07) is 0. The summed E-state index contributed by atoms with van der Waals surface area (Å²) < 4.78 is 0. The van der Waals surface area contributed by atoms with Crippen LogP contribution in [-0.4, -0.2) is 34.7 Å². The first-order valence-electron chi connectivity index (χ1n) is 5.01. The van der Waals surface area contributed by atoms with Gasteiger partial charge >= 0.3 is 0 Å². The van der Waals surface area contributed by atoms with Crippen molar-refractivity contribution in [2.24, 2.45) is 5.92 Å². The molecule has 0 amide bonds. The number of likely N-dealkylation sites (tertiary alicyclic amines) is 1. The molecule has 1 N–H and O–H groups in total. The molecule has 3 nitrogen and oxygen atoms in total. The minimum Gasteiger partial charge on any atom is -0.396 e. The van der Waals surface area contributed by atoms with Crippen molar-refractivity contribution in [1.82, 2.24) is 9.88 Å². The lowest BCUT2D eigenvalue weighted by Gasteiger charge is -2.14. The molecule has 0 saturated carbocycles. The quantitative estimate of drug-likeness (QED) is 0.819. The number of thiazole rings is 1. The summed E-state index contributed by atoms with van der Waals surface area (Å²) in [5.74, 6) is 0.489. The van der Waals surface area contributed by atoms with Gasteiger partial charge in [-0.05, 0) is 25.8 Å². The number of hydrogen-bond donors (Lipinski definition) is 1. The molecular formula is C10H16N2OS. The highest BCUT2D eigenvalue weighted by molar-refractivity contribution is 7.09. The molecule has 4 heteroatoms. The Morgan fingerprint density at radius 2 is 2.57 bits per heavy atom. The number of aryl methyl sites for hydroxylation is 1. The number of nitrogens with zero attached hydrogens (tertiary/aromatic N) is 2. The van der Waals surface area contributed by atoms with Gasteiger partial charge in [0.05, 0.1) is 11.2 Å². The first kappa shape index (κ1) is 10.1. The van der Waals surface area contributed by atoms with Crippen LogP contribution in [0.15, 0.2) is 5.51 Å². The predicted octanol–water partition coefficient (Wildman–Crippen LogP) is 1.27. The van der Waals surface area contributed by atoms with E-state index in [1.54, 1.807) is 11.3 Å². The van der Waals surface area contributed by atoms with Gasteiger partial charge in [-0.3, -0.25) is 4.90 Å². The molecule has 0 bridgehead atoms. The van der Waals surface area contributed by atoms with E-state index in [0.29, 0.717) is 12.5 Å². The molecule has 0 spiro atoms. The van der Waals surface area contributed by atoms with Gasteiger partial charge < -0.3 is 5.11 Å². The summed E-state index contributed by atoms with van der Waals surface area (Å²) >= 11 is 1.73. The zero-order valence-electron chi connectivity index (χ0n) is 8.44. The fraction of sp³-hybridized carbons (Fsp3) is 0.700. The van der Waals surface area contributed by atoms with E-state index >= 15 is 0 Å². The molecule has 78 valence electrons. The molecule has 1 atom stereocenters.